The highest BCUT2D eigenvalue weighted by molar-refractivity contribution is 7.09. The third-order valence-corrected chi connectivity index (χ3v) is 5.78. The van der Waals surface area contributed by atoms with Crippen molar-refractivity contribution in [2.45, 2.75) is 70.4 Å². The number of nitrogens with zero attached hydrogens (tertiary/aromatic N) is 2. The van der Waals surface area contributed by atoms with Crippen LogP contribution in [0.2, 0.25) is 0 Å². The molecule has 0 radical (unpaired) electrons. The van der Waals surface area contributed by atoms with Gasteiger partial charge in [-0.15, -0.1) is 11.3 Å². The number of rotatable bonds is 2. The number of nitrogens with one attached hydrogen (secondary N) is 1. The van der Waals surface area contributed by atoms with Crippen LogP contribution in [-0.4, -0.2) is 35.1 Å². The van der Waals surface area contributed by atoms with Crippen molar-refractivity contribution < 1.29 is 0 Å². The van der Waals surface area contributed by atoms with Crippen LogP contribution in [0, 0.1) is 0 Å². The van der Waals surface area contributed by atoms with Crippen LogP contribution in [0.1, 0.15) is 63.6 Å². The molecule has 1 saturated heterocycles. The Balaban J connectivity index is 1.63. The van der Waals surface area contributed by atoms with E-state index in [0.717, 1.165) is 19.6 Å². The zero-order chi connectivity index (χ0) is 14.9. The van der Waals surface area contributed by atoms with Crippen molar-refractivity contribution in [3.05, 3.63) is 16.1 Å². The lowest BCUT2D eigenvalue weighted by atomic mass is 9.80. The van der Waals surface area contributed by atoms with E-state index in [-0.39, 0.29) is 5.41 Å². The molecule has 2 aliphatic rings. The van der Waals surface area contributed by atoms with Crippen molar-refractivity contribution in [2.75, 3.05) is 19.6 Å². The lowest BCUT2D eigenvalue weighted by molar-refractivity contribution is 0.0944. The van der Waals surface area contributed by atoms with Gasteiger partial charge >= 0.3 is 0 Å². The molecule has 0 amide bonds. The lowest BCUT2D eigenvalue weighted by Crippen LogP contribution is -2.60. The topological polar surface area (TPSA) is 28.2 Å². The summed E-state index contributed by atoms with van der Waals surface area (Å²) in [5.41, 5.74) is 1.81. The molecule has 21 heavy (non-hydrogen) atoms. The van der Waals surface area contributed by atoms with Gasteiger partial charge in [0, 0.05) is 36.0 Å². The van der Waals surface area contributed by atoms with Gasteiger partial charge < -0.3 is 5.32 Å². The first-order valence-electron chi connectivity index (χ1n) is 8.39. The molecule has 1 aromatic rings. The van der Waals surface area contributed by atoms with Gasteiger partial charge in [-0.25, -0.2) is 4.98 Å². The summed E-state index contributed by atoms with van der Waals surface area (Å²) in [6.45, 7) is 11.3. The fraction of sp³-hybridized carbons (Fsp3) is 0.824. The monoisotopic (exact) mass is 307 g/mol. The summed E-state index contributed by atoms with van der Waals surface area (Å²) in [4.78, 5) is 7.48. The fourth-order valence-corrected chi connectivity index (χ4v) is 4.72. The van der Waals surface area contributed by atoms with Gasteiger partial charge in [-0.2, -0.15) is 0 Å². The Bertz CT molecular complexity index is 463. The number of aromatic nitrogens is 1. The minimum atomic E-state index is 0.169. The fourth-order valence-electron chi connectivity index (χ4n) is 3.66. The second kappa shape index (κ2) is 5.98. The minimum absolute atomic E-state index is 0.169. The molecule has 3 nitrogen and oxygen atoms in total. The average Bonchev–Trinajstić information content (AvgIpc) is 2.88. The smallest absolute Gasteiger partial charge is 0.107 e. The Kier molecular flexibility index (Phi) is 4.40. The van der Waals surface area contributed by atoms with Gasteiger partial charge in [-0.05, 0) is 12.8 Å². The number of hydrogen-bond donors (Lipinski definition) is 1. The van der Waals surface area contributed by atoms with E-state index in [0.29, 0.717) is 5.54 Å². The summed E-state index contributed by atoms with van der Waals surface area (Å²) < 4.78 is 0. The molecule has 1 spiro atoms. The van der Waals surface area contributed by atoms with Gasteiger partial charge in [-0.1, -0.05) is 40.0 Å². The van der Waals surface area contributed by atoms with Gasteiger partial charge in [0.1, 0.15) is 5.01 Å². The first-order valence-corrected chi connectivity index (χ1v) is 9.27. The lowest BCUT2D eigenvalue weighted by Gasteiger charge is -2.46. The standard InChI is InChI=1S/C17H29N3S/c1-16(2,3)14-12-21-15(19-14)11-20-10-9-18-17(13-20)7-5-4-6-8-17/h12,18H,4-11,13H2,1-3H3. The molecule has 1 aromatic heterocycles. The van der Waals surface area contributed by atoms with E-state index in [1.54, 1.807) is 0 Å². The zero-order valence-electron chi connectivity index (χ0n) is 13.7. The molecule has 1 aliphatic carbocycles. The molecule has 0 aromatic carbocycles. The third-order valence-electron chi connectivity index (χ3n) is 4.94. The molecule has 2 heterocycles. The molecule has 3 rings (SSSR count). The van der Waals surface area contributed by atoms with Crippen molar-refractivity contribution in [1.82, 2.24) is 15.2 Å². The molecule has 4 heteroatoms. The average molecular weight is 308 g/mol. The Morgan fingerprint density at radius 3 is 2.71 bits per heavy atom. The van der Waals surface area contributed by atoms with E-state index < -0.39 is 0 Å². The van der Waals surface area contributed by atoms with Crippen LogP contribution in [0.25, 0.3) is 0 Å². The molecule has 1 saturated carbocycles. The molecule has 1 aliphatic heterocycles. The second-order valence-electron chi connectivity index (χ2n) is 7.85. The van der Waals surface area contributed by atoms with Crippen LogP contribution >= 0.6 is 11.3 Å². The van der Waals surface area contributed by atoms with E-state index in [2.05, 4.69) is 36.4 Å². The number of thiazole rings is 1. The molecule has 0 unspecified atom stereocenters. The van der Waals surface area contributed by atoms with E-state index in [4.69, 9.17) is 4.98 Å². The van der Waals surface area contributed by atoms with Crippen LogP contribution < -0.4 is 5.32 Å². The Morgan fingerprint density at radius 2 is 2.05 bits per heavy atom. The zero-order valence-corrected chi connectivity index (χ0v) is 14.6. The molecular weight excluding hydrogens is 278 g/mol. The molecule has 2 fully saturated rings. The highest BCUT2D eigenvalue weighted by atomic mass is 32.1. The first-order chi connectivity index (χ1) is 9.97. The van der Waals surface area contributed by atoms with Crippen molar-refractivity contribution in [1.29, 1.82) is 0 Å². The molecule has 0 bridgehead atoms. The summed E-state index contributed by atoms with van der Waals surface area (Å²) >= 11 is 1.83. The summed E-state index contributed by atoms with van der Waals surface area (Å²) in [7, 11) is 0. The predicted octanol–water partition coefficient (Wildman–Crippen LogP) is 3.55. The van der Waals surface area contributed by atoms with Gasteiger partial charge in [-0.3, -0.25) is 4.90 Å². The van der Waals surface area contributed by atoms with Crippen molar-refractivity contribution in [3.63, 3.8) is 0 Å². The van der Waals surface area contributed by atoms with Crippen molar-refractivity contribution in [2.24, 2.45) is 0 Å². The normalized spacial score (nSPS) is 23.6. The highest BCUT2D eigenvalue weighted by Crippen LogP contribution is 2.31. The molecule has 1 N–H and O–H groups in total. The van der Waals surface area contributed by atoms with Crippen molar-refractivity contribution >= 4 is 11.3 Å². The third kappa shape index (κ3) is 3.66. The van der Waals surface area contributed by atoms with Gasteiger partial charge in [0.25, 0.3) is 0 Å². The molecular formula is C17H29N3S. The summed E-state index contributed by atoms with van der Waals surface area (Å²) in [6.07, 6.45) is 6.92. The quantitative estimate of drug-likeness (QED) is 0.905. The van der Waals surface area contributed by atoms with E-state index in [9.17, 15) is 0 Å². The van der Waals surface area contributed by atoms with E-state index in [1.807, 2.05) is 11.3 Å². The summed E-state index contributed by atoms with van der Waals surface area (Å²) in [5.74, 6) is 0. The Morgan fingerprint density at radius 1 is 1.29 bits per heavy atom. The minimum Gasteiger partial charge on any atom is -0.309 e. The van der Waals surface area contributed by atoms with Crippen molar-refractivity contribution in [3.8, 4) is 0 Å². The maximum atomic E-state index is 4.87. The van der Waals surface area contributed by atoms with Gasteiger partial charge in [0.15, 0.2) is 0 Å². The second-order valence-corrected chi connectivity index (χ2v) is 8.80. The molecule has 118 valence electrons. The van der Waals surface area contributed by atoms with E-state index in [1.165, 1.54) is 49.4 Å². The van der Waals surface area contributed by atoms with Crippen LogP contribution in [0.3, 0.4) is 0 Å². The van der Waals surface area contributed by atoms with Gasteiger partial charge in [0.05, 0.1) is 12.2 Å². The first kappa shape index (κ1) is 15.4. The highest BCUT2D eigenvalue weighted by Gasteiger charge is 2.36. The number of piperazine rings is 1. The maximum absolute atomic E-state index is 4.87. The van der Waals surface area contributed by atoms with Crippen LogP contribution in [0.4, 0.5) is 0 Å². The Hall–Kier alpha value is -0.450. The SMILES string of the molecule is CC(C)(C)c1csc(CN2CCNC3(CCCCC3)C2)n1. The van der Waals surface area contributed by atoms with Crippen LogP contribution in [0.5, 0.6) is 0 Å². The molecule has 0 atom stereocenters. The van der Waals surface area contributed by atoms with Crippen LogP contribution in [0.15, 0.2) is 5.38 Å². The summed E-state index contributed by atoms with van der Waals surface area (Å²) in [5, 5.41) is 7.35. The van der Waals surface area contributed by atoms with E-state index >= 15 is 0 Å². The maximum Gasteiger partial charge on any atom is 0.107 e. The Labute approximate surface area is 133 Å². The predicted molar refractivity (Wildman–Crippen MR) is 89.9 cm³/mol. The number of hydrogen-bond acceptors (Lipinski definition) is 4. The summed E-state index contributed by atoms with van der Waals surface area (Å²) in [6, 6.07) is 0. The largest absolute Gasteiger partial charge is 0.309 e. The van der Waals surface area contributed by atoms with Crippen LogP contribution in [-0.2, 0) is 12.0 Å². The van der Waals surface area contributed by atoms with Gasteiger partial charge in [0.2, 0.25) is 0 Å².